The van der Waals surface area contributed by atoms with Crippen LogP contribution in [0.25, 0.3) is 20.7 Å². The molecule has 34 heavy (non-hydrogen) atoms. The fraction of sp³-hybridized carbons (Fsp3) is 0.240. The highest BCUT2D eigenvalue weighted by atomic mass is 32.2. The fourth-order valence-corrected chi connectivity index (χ4v) is 5.35. The SMILES string of the molecule is COc1ccc(CCNC(=O)CSc2nc3cc(-c4ccccc4)sc3c(=O)n2C)cc1OC. The zero-order chi connectivity index (χ0) is 24.1. The molecule has 0 aliphatic carbocycles. The number of methoxy groups -OCH3 is 2. The second kappa shape index (κ2) is 10.8. The number of aromatic nitrogens is 2. The Bertz CT molecular complexity index is 1370. The number of benzene rings is 2. The van der Waals surface area contributed by atoms with Crippen molar-refractivity contribution in [2.24, 2.45) is 7.05 Å². The second-order valence-corrected chi connectivity index (χ2v) is 9.52. The summed E-state index contributed by atoms with van der Waals surface area (Å²) >= 11 is 2.69. The summed E-state index contributed by atoms with van der Waals surface area (Å²) in [5, 5.41) is 3.44. The van der Waals surface area contributed by atoms with Gasteiger partial charge < -0.3 is 14.8 Å². The molecule has 0 unspecified atom stereocenters. The van der Waals surface area contributed by atoms with Crippen LogP contribution in [0.4, 0.5) is 0 Å². The molecule has 4 rings (SSSR count). The fourth-order valence-electron chi connectivity index (χ4n) is 3.47. The van der Waals surface area contributed by atoms with Crippen molar-refractivity contribution in [3.8, 4) is 21.9 Å². The molecule has 2 heterocycles. The molecule has 9 heteroatoms. The molecule has 1 amide bonds. The quantitative estimate of drug-likeness (QED) is 0.278. The van der Waals surface area contributed by atoms with Crippen molar-refractivity contribution in [2.75, 3.05) is 26.5 Å². The van der Waals surface area contributed by atoms with Crippen LogP contribution in [0.3, 0.4) is 0 Å². The summed E-state index contributed by atoms with van der Waals surface area (Å²) in [5.74, 6) is 1.39. The number of fused-ring (bicyclic) bond motifs is 1. The molecule has 2 aromatic heterocycles. The first-order chi connectivity index (χ1) is 16.5. The van der Waals surface area contributed by atoms with E-state index in [2.05, 4.69) is 10.3 Å². The maximum atomic E-state index is 12.9. The van der Waals surface area contributed by atoms with Gasteiger partial charge in [0.05, 0.1) is 25.5 Å². The lowest BCUT2D eigenvalue weighted by Gasteiger charge is -2.10. The number of carbonyl (C=O) groups is 1. The summed E-state index contributed by atoms with van der Waals surface area (Å²) in [5.41, 5.74) is 2.64. The Balaban J connectivity index is 1.38. The first-order valence-corrected chi connectivity index (χ1v) is 12.5. The minimum absolute atomic E-state index is 0.103. The first-order valence-electron chi connectivity index (χ1n) is 10.7. The molecular formula is C25H25N3O4S2. The summed E-state index contributed by atoms with van der Waals surface area (Å²) in [4.78, 5) is 30.9. The lowest BCUT2D eigenvalue weighted by Crippen LogP contribution is -2.28. The zero-order valence-electron chi connectivity index (χ0n) is 19.2. The van der Waals surface area contributed by atoms with E-state index in [1.807, 2.05) is 54.6 Å². The Kier molecular flexibility index (Phi) is 7.54. The van der Waals surface area contributed by atoms with Crippen molar-refractivity contribution < 1.29 is 14.3 Å². The number of ether oxygens (including phenoxy) is 2. The Morgan fingerprint density at radius 2 is 1.85 bits per heavy atom. The van der Waals surface area contributed by atoms with Crippen LogP contribution in [0.1, 0.15) is 5.56 Å². The molecule has 0 spiro atoms. The summed E-state index contributed by atoms with van der Waals surface area (Å²) in [6.07, 6.45) is 0.663. The summed E-state index contributed by atoms with van der Waals surface area (Å²) in [7, 11) is 4.88. The van der Waals surface area contributed by atoms with E-state index in [0.717, 1.165) is 16.0 Å². The van der Waals surface area contributed by atoms with Gasteiger partial charge in [-0.3, -0.25) is 14.2 Å². The van der Waals surface area contributed by atoms with Crippen LogP contribution in [0.15, 0.2) is 64.5 Å². The Morgan fingerprint density at radius 1 is 1.09 bits per heavy atom. The molecule has 0 fully saturated rings. The van der Waals surface area contributed by atoms with Crippen molar-refractivity contribution in [3.63, 3.8) is 0 Å². The number of hydrogen-bond acceptors (Lipinski definition) is 7. The van der Waals surface area contributed by atoms with E-state index in [9.17, 15) is 9.59 Å². The molecule has 1 N–H and O–H groups in total. The van der Waals surface area contributed by atoms with Gasteiger partial charge in [-0.05, 0) is 35.7 Å². The number of thioether (sulfide) groups is 1. The van der Waals surface area contributed by atoms with Gasteiger partial charge in [-0.15, -0.1) is 11.3 Å². The van der Waals surface area contributed by atoms with Gasteiger partial charge in [0, 0.05) is 18.5 Å². The molecule has 0 aliphatic rings. The molecular weight excluding hydrogens is 470 g/mol. The van der Waals surface area contributed by atoms with Crippen LogP contribution in [0.2, 0.25) is 0 Å². The van der Waals surface area contributed by atoms with Crippen LogP contribution in [-0.4, -0.2) is 42.0 Å². The lowest BCUT2D eigenvalue weighted by molar-refractivity contribution is -0.118. The Morgan fingerprint density at radius 3 is 2.59 bits per heavy atom. The van der Waals surface area contributed by atoms with Gasteiger partial charge in [-0.25, -0.2) is 4.98 Å². The van der Waals surface area contributed by atoms with E-state index < -0.39 is 0 Å². The molecule has 176 valence electrons. The molecule has 4 aromatic rings. The Hall–Kier alpha value is -3.30. The number of nitrogens with one attached hydrogen (secondary N) is 1. The highest BCUT2D eigenvalue weighted by Crippen LogP contribution is 2.32. The largest absolute Gasteiger partial charge is 0.493 e. The van der Waals surface area contributed by atoms with Gasteiger partial charge in [-0.1, -0.05) is 48.2 Å². The van der Waals surface area contributed by atoms with Crippen molar-refractivity contribution in [1.29, 1.82) is 0 Å². The number of carbonyl (C=O) groups excluding carboxylic acids is 1. The highest BCUT2D eigenvalue weighted by Gasteiger charge is 2.14. The monoisotopic (exact) mass is 495 g/mol. The van der Waals surface area contributed by atoms with Gasteiger partial charge >= 0.3 is 0 Å². The van der Waals surface area contributed by atoms with Gasteiger partial charge in [0.25, 0.3) is 5.56 Å². The molecule has 0 aliphatic heterocycles. The van der Waals surface area contributed by atoms with Crippen LogP contribution in [-0.2, 0) is 18.3 Å². The van der Waals surface area contributed by atoms with E-state index in [4.69, 9.17) is 9.47 Å². The first kappa shape index (κ1) is 23.8. The van der Waals surface area contributed by atoms with Crippen LogP contribution < -0.4 is 20.3 Å². The predicted molar refractivity (Wildman–Crippen MR) is 137 cm³/mol. The molecule has 7 nitrogen and oxygen atoms in total. The van der Waals surface area contributed by atoms with Crippen LogP contribution in [0.5, 0.6) is 11.5 Å². The maximum absolute atomic E-state index is 12.9. The van der Waals surface area contributed by atoms with Gasteiger partial charge in [-0.2, -0.15) is 0 Å². The number of nitrogens with zero attached hydrogens (tertiary/aromatic N) is 2. The second-order valence-electron chi connectivity index (χ2n) is 7.53. The predicted octanol–water partition coefficient (Wildman–Crippen LogP) is 4.13. The average molecular weight is 496 g/mol. The normalized spacial score (nSPS) is 10.9. The van der Waals surface area contributed by atoms with Gasteiger partial charge in [0.15, 0.2) is 16.7 Å². The minimum atomic E-state index is -0.116. The lowest BCUT2D eigenvalue weighted by atomic mass is 10.1. The zero-order valence-corrected chi connectivity index (χ0v) is 20.8. The molecule has 0 saturated heterocycles. The standard InChI is InChI=1S/C25H25N3O4S2/c1-28-24(30)23-18(14-21(34-23)17-7-5-4-6-8-17)27-25(28)33-15-22(29)26-12-11-16-9-10-19(31-2)20(13-16)32-3/h4-10,13-14H,11-12,15H2,1-3H3,(H,26,29). The smallest absolute Gasteiger partial charge is 0.271 e. The number of amides is 1. The van der Waals surface area contributed by atoms with Crippen LogP contribution >= 0.6 is 23.1 Å². The summed E-state index contributed by atoms with van der Waals surface area (Å²) < 4.78 is 12.7. The minimum Gasteiger partial charge on any atom is -0.493 e. The third-order valence-electron chi connectivity index (χ3n) is 5.29. The molecule has 0 saturated carbocycles. The van der Waals surface area contributed by atoms with Gasteiger partial charge in [0.1, 0.15) is 4.70 Å². The summed E-state index contributed by atoms with van der Waals surface area (Å²) in [6, 6.07) is 17.6. The van der Waals surface area contributed by atoms with E-state index in [1.54, 1.807) is 21.3 Å². The number of rotatable bonds is 9. The molecule has 2 aromatic carbocycles. The van der Waals surface area contributed by atoms with Crippen molar-refractivity contribution >= 4 is 39.2 Å². The summed E-state index contributed by atoms with van der Waals surface area (Å²) in [6.45, 7) is 0.491. The number of hydrogen-bond donors (Lipinski definition) is 1. The van der Waals surface area contributed by atoms with E-state index in [1.165, 1.54) is 27.7 Å². The van der Waals surface area contributed by atoms with Gasteiger partial charge in [0.2, 0.25) is 5.91 Å². The molecule has 0 atom stereocenters. The molecule has 0 radical (unpaired) electrons. The third kappa shape index (κ3) is 5.26. The van der Waals surface area contributed by atoms with E-state index >= 15 is 0 Å². The van der Waals surface area contributed by atoms with E-state index in [0.29, 0.717) is 39.8 Å². The van der Waals surface area contributed by atoms with E-state index in [-0.39, 0.29) is 17.2 Å². The molecule has 0 bridgehead atoms. The average Bonchev–Trinajstić information content (AvgIpc) is 3.30. The maximum Gasteiger partial charge on any atom is 0.271 e. The van der Waals surface area contributed by atoms with Crippen LogP contribution in [0, 0.1) is 0 Å². The topological polar surface area (TPSA) is 82.5 Å². The van der Waals surface area contributed by atoms with Crippen molar-refractivity contribution in [2.45, 2.75) is 11.6 Å². The van der Waals surface area contributed by atoms with Crippen molar-refractivity contribution in [1.82, 2.24) is 14.9 Å². The highest BCUT2D eigenvalue weighted by molar-refractivity contribution is 7.99. The third-order valence-corrected chi connectivity index (χ3v) is 7.48. The van der Waals surface area contributed by atoms with Crippen molar-refractivity contribution in [3.05, 3.63) is 70.5 Å². The number of thiophene rings is 1. The Labute approximate surface area is 205 Å².